The third-order valence-corrected chi connectivity index (χ3v) is 2.45. The Kier molecular flexibility index (Phi) is 7.59. The second-order valence-electron chi connectivity index (χ2n) is 5.58. The number of carbonyl (C=O) groups excluding carboxylic acids is 1. The molecule has 0 spiro atoms. The Morgan fingerprint density at radius 3 is 2.39 bits per heavy atom. The summed E-state index contributed by atoms with van der Waals surface area (Å²) in [7, 11) is 0. The largest absolute Gasteiger partial charge is 0.481 e. The minimum atomic E-state index is -0.774. The van der Waals surface area contributed by atoms with Crippen molar-refractivity contribution in [1.29, 1.82) is 0 Å². The van der Waals surface area contributed by atoms with Gasteiger partial charge in [0, 0.05) is 13.0 Å². The van der Waals surface area contributed by atoms with Crippen molar-refractivity contribution in [2.75, 3.05) is 13.2 Å². The number of ether oxygens (including phenoxy) is 1. The molecule has 1 amide bonds. The van der Waals surface area contributed by atoms with E-state index in [4.69, 9.17) is 9.84 Å². The molecule has 18 heavy (non-hydrogen) atoms. The monoisotopic (exact) mass is 259 g/mol. The number of nitrogens with one attached hydrogen (secondary N) is 1. The summed E-state index contributed by atoms with van der Waals surface area (Å²) in [5, 5.41) is 11.3. The molecule has 0 rings (SSSR count). The Bertz CT molecular complexity index is 271. The molecule has 0 aromatic rings. The minimum absolute atomic E-state index is 0.0625. The van der Waals surface area contributed by atoms with E-state index < -0.39 is 5.97 Å². The molecule has 0 saturated heterocycles. The summed E-state index contributed by atoms with van der Waals surface area (Å²) in [6.45, 7) is 8.30. The molecule has 0 saturated carbocycles. The predicted octanol–water partition coefficient (Wildman–Crippen LogP) is 1.81. The van der Waals surface area contributed by atoms with E-state index in [2.05, 4.69) is 5.32 Å². The summed E-state index contributed by atoms with van der Waals surface area (Å²) in [6.07, 6.45) is 1.61. The van der Waals surface area contributed by atoms with Gasteiger partial charge in [-0.05, 0) is 39.5 Å². The van der Waals surface area contributed by atoms with Crippen LogP contribution in [-0.4, -0.2) is 35.7 Å². The third kappa shape index (κ3) is 11.4. The average Bonchev–Trinajstić information content (AvgIpc) is 2.22. The van der Waals surface area contributed by atoms with E-state index in [0.29, 0.717) is 18.9 Å². The van der Waals surface area contributed by atoms with Crippen molar-refractivity contribution < 1.29 is 19.4 Å². The van der Waals surface area contributed by atoms with E-state index in [-0.39, 0.29) is 24.5 Å². The molecule has 0 aliphatic heterocycles. The molecule has 0 aliphatic rings. The zero-order valence-electron chi connectivity index (χ0n) is 11.8. The van der Waals surface area contributed by atoms with Gasteiger partial charge in [-0.25, -0.2) is 0 Å². The van der Waals surface area contributed by atoms with Crippen LogP contribution in [0.4, 0.5) is 0 Å². The van der Waals surface area contributed by atoms with Crippen LogP contribution in [0.5, 0.6) is 0 Å². The summed E-state index contributed by atoms with van der Waals surface area (Å²) < 4.78 is 5.34. The number of carboxylic acids is 1. The zero-order chi connectivity index (χ0) is 14.2. The fourth-order valence-corrected chi connectivity index (χ4v) is 1.31. The molecule has 0 radical (unpaired) electrons. The number of amides is 1. The van der Waals surface area contributed by atoms with Gasteiger partial charge in [0.05, 0.1) is 5.60 Å². The van der Waals surface area contributed by atoms with Crippen LogP contribution in [-0.2, 0) is 14.3 Å². The third-order valence-electron chi connectivity index (χ3n) is 2.45. The Morgan fingerprint density at radius 1 is 1.28 bits per heavy atom. The lowest BCUT2D eigenvalue weighted by atomic mass is 10.0. The van der Waals surface area contributed by atoms with Crippen molar-refractivity contribution >= 4 is 11.9 Å². The van der Waals surface area contributed by atoms with Crippen LogP contribution in [0, 0.1) is 5.92 Å². The van der Waals surface area contributed by atoms with Gasteiger partial charge >= 0.3 is 5.97 Å². The van der Waals surface area contributed by atoms with E-state index in [0.717, 1.165) is 6.42 Å². The Balaban J connectivity index is 3.59. The van der Waals surface area contributed by atoms with Gasteiger partial charge in [0.15, 0.2) is 0 Å². The molecule has 5 nitrogen and oxygen atoms in total. The van der Waals surface area contributed by atoms with E-state index in [1.807, 2.05) is 27.7 Å². The second-order valence-corrected chi connectivity index (χ2v) is 5.58. The van der Waals surface area contributed by atoms with Crippen LogP contribution in [0.3, 0.4) is 0 Å². The van der Waals surface area contributed by atoms with Gasteiger partial charge in [-0.15, -0.1) is 0 Å². The lowest BCUT2D eigenvalue weighted by Crippen LogP contribution is -2.33. The highest BCUT2D eigenvalue weighted by Crippen LogP contribution is 2.09. The molecule has 5 heteroatoms. The molecule has 0 heterocycles. The fraction of sp³-hybridized carbons (Fsp3) is 0.846. The van der Waals surface area contributed by atoms with Gasteiger partial charge in [0.2, 0.25) is 5.91 Å². The number of aliphatic carboxylic acids is 1. The smallest absolute Gasteiger partial charge is 0.303 e. The van der Waals surface area contributed by atoms with Crippen LogP contribution in [0.1, 0.15) is 47.0 Å². The summed E-state index contributed by atoms with van der Waals surface area (Å²) >= 11 is 0. The lowest BCUT2D eigenvalue weighted by Gasteiger charge is -2.19. The molecule has 0 fully saturated rings. The van der Waals surface area contributed by atoms with E-state index in [1.165, 1.54) is 0 Å². The summed E-state index contributed by atoms with van der Waals surface area (Å²) in [6, 6.07) is 0. The molecule has 0 aliphatic carbocycles. The highest BCUT2D eigenvalue weighted by Gasteiger charge is 2.12. The molecular weight excluding hydrogens is 234 g/mol. The van der Waals surface area contributed by atoms with Crippen LogP contribution in [0.2, 0.25) is 0 Å². The van der Waals surface area contributed by atoms with Crippen molar-refractivity contribution in [2.45, 2.75) is 52.6 Å². The summed E-state index contributed by atoms with van der Waals surface area (Å²) in [5.41, 5.74) is -0.313. The van der Waals surface area contributed by atoms with Gasteiger partial charge < -0.3 is 15.2 Å². The highest BCUT2D eigenvalue weighted by atomic mass is 16.5. The Morgan fingerprint density at radius 2 is 1.89 bits per heavy atom. The normalized spacial score (nSPS) is 13.1. The van der Waals surface area contributed by atoms with E-state index >= 15 is 0 Å². The SMILES string of the molecule is CC(CCNC(=O)COC(C)(C)C)CCC(=O)O. The van der Waals surface area contributed by atoms with E-state index in [1.54, 1.807) is 0 Å². The average molecular weight is 259 g/mol. The second kappa shape index (κ2) is 8.08. The zero-order valence-corrected chi connectivity index (χ0v) is 11.8. The molecule has 0 aromatic heterocycles. The van der Waals surface area contributed by atoms with Crippen LogP contribution in [0.25, 0.3) is 0 Å². The summed E-state index contributed by atoms with van der Waals surface area (Å²) in [4.78, 5) is 21.8. The predicted molar refractivity (Wildman–Crippen MR) is 69.4 cm³/mol. The van der Waals surface area contributed by atoms with Gasteiger partial charge in [0.1, 0.15) is 6.61 Å². The number of carboxylic acid groups (broad SMARTS) is 1. The summed E-state index contributed by atoms with van der Waals surface area (Å²) in [5.74, 6) is -0.607. The van der Waals surface area contributed by atoms with Crippen molar-refractivity contribution in [3.8, 4) is 0 Å². The number of rotatable bonds is 8. The molecule has 2 N–H and O–H groups in total. The molecule has 1 atom stereocenters. The van der Waals surface area contributed by atoms with Gasteiger partial charge in [-0.2, -0.15) is 0 Å². The number of carbonyl (C=O) groups is 2. The lowest BCUT2D eigenvalue weighted by molar-refractivity contribution is -0.137. The maximum atomic E-state index is 11.4. The first-order valence-corrected chi connectivity index (χ1v) is 6.33. The minimum Gasteiger partial charge on any atom is -0.481 e. The quantitative estimate of drug-likeness (QED) is 0.697. The highest BCUT2D eigenvalue weighted by molar-refractivity contribution is 5.77. The maximum absolute atomic E-state index is 11.4. The molecule has 0 bridgehead atoms. The maximum Gasteiger partial charge on any atom is 0.303 e. The van der Waals surface area contributed by atoms with Gasteiger partial charge in [0.25, 0.3) is 0 Å². The molecule has 1 unspecified atom stereocenters. The van der Waals surface area contributed by atoms with Crippen LogP contribution < -0.4 is 5.32 Å². The molecule has 106 valence electrons. The number of hydrogen-bond donors (Lipinski definition) is 2. The van der Waals surface area contributed by atoms with Crippen LogP contribution >= 0.6 is 0 Å². The van der Waals surface area contributed by atoms with Gasteiger partial charge in [-0.1, -0.05) is 6.92 Å². The molecule has 0 aromatic carbocycles. The van der Waals surface area contributed by atoms with Crippen molar-refractivity contribution in [1.82, 2.24) is 5.32 Å². The molecular formula is C13H25NO4. The van der Waals surface area contributed by atoms with Crippen molar-refractivity contribution in [3.05, 3.63) is 0 Å². The standard InChI is InChI=1S/C13H25NO4/c1-10(5-6-12(16)17)7-8-14-11(15)9-18-13(2,3)4/h10H,5-9H2,1-4H3,(H,14,15)(H,16,17). The first-order valence-electron chi connectivity index (χ1n) is 6.33. The van der Waals surface area contributed by atoms with Crippen molar-refractivity contribution in [3.63, 3.8) is 0 Å². The first kappa shape index (κ1) is 16.9. The van der Waals surface area contributed by atoms with Gasteiger partial charge in [-0.3, -0.25) is 9.59 Å². The fourth-order valence-electron chi connectivity index (χ4n) is 1.31. The van der Waals surface area contributed by atoms with Crippen molar-refractivity contribution in [2.24, 2.45) is 5.92 Å². The van der Waals surface area contributed by atoms with E-state index in [9.17, 15) is 9.59 Å². The van der Waals surface area contributed by atoms with Crippen LogP contribution in [0.15, 0.2) is 0 Å². The Hall–Kier alpha value is -1.10. The Labute approximate surface area is 109 Å². The number of hydrogen-bond acceptors (Lipinski definition) is 3. The first-order chi connectivity index (χ1) is 8.20. The topological polar surface area (TPSA) is 75.6 Å².